The van der Waals surface area contributed by atoms with Crippen LogP contribution in [0.1, 0.15) is 194 Å². The standard InChI is InChI=1S/C90H151N17O20/c1-18-61(8)80(72(120-16)55-75(110)105-44-28-34-70(105)82(121-17)62(9)83(112)96-63(10)81(111)65-29-21-19-22-30-65)103(11)88(117)77(59(4)5)100-87(116)79(60(6)7)104(12)90(119)127-56-64-36-38-66(39-37-64)97-85(114)68(32-27-42-95-89(92)118)98-86(115)76(58(2)3)99-84(113)67(91)31-25-26-41-93-74(109)57-126-71-35-24-20-23-33-69-78(71)101-102-106(69)45-48-123-50-52-125-54-53-124-51-49-122-47-40-73(108)94-43-46-107(13,14)15/h19,21-22,29-30,36-39,58-63,67-68,70-72,76-77,79-82,111H,18,20,23-28,31-35,40-57,91H2,1-17H3,(H9-,92,93,94,95,96,97,98,99,100,108,109,112,113,114,115,116,118)/p+1/t61-,62+,63+,67+,68-,70-,71?,72+,76-,77-,79-,80-,81+,82+/m0/s1. The van der Waals surface area contributed by atoms with Crippen molar-refractivity contribution >= 4 is 71.0 Å². The van der Waals surface area contributed by atoms with E-state index in [1.165, 1.54) is 26.2 Å². The Kier molecular flexibility index (Phi) is 48.8. The van der Waals surface area contributed by atoms with Gasteiger partial charge in [0.05, 0.1) is 154 Å². The molecule has 0 bridgehead atoms. The van der Waals surface area contributed by atoms with Crippen molar-refractivity contribution < 1.29 is 100 Å². The second kappa shape index (κ2) is 57.1. The Labute approximate surface area is 751 Å². The highest BCUT2D eigenvalue weighted by Crippen LogP contribution is 2.33. The van der Waals surface area contributed by atoms with E-state index in [1.54, 1.807) is 109 Å². The monoisotopic (exact) mass is 1790 g/mol. The number of hydrogen-bond donors (Lipinski definition) is 11. The van der Waals surface area contributed by atoms with E-state index in [0.29, 0.717) is 146 Å². The lowest BCUT2D eigenvalue weighted by atomic mass is 9.89. The number of primary amides is 1. The number of unbranched alkanes of at least 4 members (excludes halogenated alkanes) is 1. The average Bonchev–Trinajstić information content (AvgIpc) is 1.72. The number of ether oxygens (including phenoxy) is 8. The quantitative estimate of drug-likeness (QED) is 0.0263. The lowest BCUT2D eigenvalue weighted by Crippen LogP contribution is -2.60. The van der Waals surface area contributed by atoms with Gasteiger partial charge < -0.3 is 111 Å². The number of hydrogen-bond acceptors (Lipinski definition) is 23. The minimum Gasteiger partial charge on any atom is -0.445 e. The maximum Gasteiger partial charge on any atom is 0.410 e. The molecule has 127 heavy (non-hydrogen) atoms. The molecule has 1 aliphatic carbocycles. The Morgan fingerprint density at radius 1 is 0.638 bits per heavy atom. The zero-order chi connectivity index (χ0) is 93.9. The molecule has 1 saturated heterocycles. The Balaban J connectivity index is 1.06. The van der Waals surface area contributed by atoms with Crippen molar-refractivity contribution in [2.24, 2.45) is 41.1 Å². The number of aliphatic hydroxyl groups is 1. The smallest absolute Gasteiger partial charge is 0.410 e. The molecule has 1 aromatic heterocycles. The van der Waals surface area contributed by atoms with Gasteiger partial charge in [-0.15, -0.1) is 5.10 Å². The van der Waals surface area contributed by atoms with E-state index < -0.39 is 138 Å². The lowest BCUT2D eigenvalue weighted by Gasteiger charge is -2.41. The zero-order valence-electron chi connectivity index (χ0n) is 78.4. The number of carbonyl (C=O) groups is 11. The highest BCUT2D eigenvalue weighted by molar-refractivity contribution is 5.99. The molecule has 0 saturated carbocycles. The molecule has 37 nitrogen and oxygen atoms in total. The Bertz CT molecular complexity index is 3840. The van der Waals surface area contributed by atoms with Gasteiger partial charge in [-0.2, -0.15) is 0 Å². The Morgan fingerprint density at radius 3 is 1.88 bits per heavy atom. The summed E-state index contributed by atoms with van der Waals surface area (Å²) in [5, 5.41) is 42.4. The highest BCUT2D eigenvalue weighted by atomic mass is 16.6. The number of aliphatic hydroxyl groups excluding tert-OH is 1. The van der Waals surface area contributed by atoms with Crippen molar-refractivity contribution in [3.63, 3.8) is 0 Å². The van der Waals surface area contributed by atoms with Gasteiger partial charge >= 0.3 is 12.1 Å². The molecular formula is C90H152N17O20+. The largest absolute Gasteiger partial charge is 0.445 e. The number of carbonyl (C=O) groups excluding carboxylic acids is 11. The predicted molar refractivity (Wildman–Crippen MR) is 479 cm³/mol. The summed E-state index contributed by atoms with van der Waals surface area (Å²) in [5.41, 5.74) is 14.9. The summed E-state index contributed by atoms with van der Waals surface area (Å²) >= 11 is 0. The van der Waals surface area contributed by atoms with Crippen LogP contribution in [0.2, 0.25) is 0 Å². The topological polar surface area (TPSA) is 471 Å². The van der Waals surface area contributed by atoms with Crippen molar-refractivity contribution in [3.8, 4) is 0 Å². The van der Waals surface area contributed by atoms with Crippen LogP contribution in [-0.2, 0) is 101 Å². The summed E-state index contributed by atoms with van der Waals surface area (Å²) in [6.07, 6.45) is 4.16. The number of urea groups is 1. The minimum atomic E-state index is -1.17. The number of likely N-dealkylation sites (tertiary alicyclic amines) is 1. The van der Waals surface area contributed by atoms with Crippen LogP contribution in [0.25, 0.3) is 0 Å². The van der Waals surface area contributed by atoms with Gasteiger partial charge in [-0.05, 0) is 118 Å². The van der Waals surface area contributed by atoms with E-state index >= 15 is 0 Å². The van der Waals surface area contributed by atoms with Crippen LogP contribution >= 0.6 is 0 Å². The fraction of sp³-hybridized carbons (Fsp3) is 0.722. The maximum atomic E-state index is 14.9. The lowest BCUT2D eigenvalue weighted by molar-refractivity contribution is -0.869. The van der Waals surface area contributed by atoms with Crippen molar-refractivity contribution in [1.82, 2.24) is 66.9 Å². The molecule has 14 atom stereocenters. The summed E-state index contributed by atoms with van der Waals surface area (Å²) in [5.74, 6) is -6.05. The number of benzene rings is 2. The van der Waals surface area contributed by atoms with Gasteiger partial charge in [0.2, 0.25) is 53.2 Å². The van der Waals surface area contributed by atoms with E-state index in [9.17, 15) is 57.8 Å². The van der Waals surface area contributed by atoms with Crippen molar-refractivity contribution in [2.75, 3.05) is 147 Å². The number of amides is 12. The third kappa shape index (κ3) is 37.5. The summed E-state index contributed by atoms with van der Waals surface area (Å²) in [6.45, 7) is 23.4. The van der Waals surface area contributed by atoms with Crippen molar-refractivity contribution in [2.45, 2.75) is 251 Å². The van der Waals surface area contributed by atoms with Gasteiger partial charge in [-0.25, -0.2) is 14.3 Å². The summed E-state index contributed by atoms with van der Waals surface area (Å²) in [7, 11) is 12.3. The second-order valence-corrected chi connectivity index (χ2v) is 35.3. The van der Waals surface area contributed by atoms with Gasteiger partial charge in [0.15, 0.2) is 0 Å². The van der Waals surface area contributed by atoms with Crippen LogP contribution in [0.3, 0.4) is 0 Å². The van der Waals surface area contributed by atoms with Gasteiger partial charge in [0.1, 0.15) is 49.2 Å². The number of aromatic nitrogens is 3. The fourth-order valence-corrected chi connectivity index (χ4v) is 15.6. The first-order valence-electron chi connectivity index (χ1n) is 45.3. The molecule has 0 spiro atoms. The highest BCUT2D eigenvalue weighted by Gasteiger charge is 2.45. The molecule has 2 aliphatic rings. The number of nitrogens with one attached hydrogen (secondary N) is 8. The number of nitrogens with zero attached hydrogens (tertiary/aromatic N) is 7. The van der Waals surface area contributed by atoms with Gasteiger partial charge in [0, 0.05) is 60.1 Å². The van der Waals surface area contributed by atoms with Crippen LogP contribution in [-0.4, -0.2) is 307 Å². The molecule has 5 rings (SSSR count). The number of likely N-dealkylation sites (N-methyl/N-ethyl adjacent to an activating group) is 3. The van der Waals surface area contributed by atoms with Crippen LogP contribution in [0, 0.1) is 29.6 Å². The molecule has 1 fully saturated rings. The number of fused-ring (bicyclic) bond motifs is 1. The third-order valence-corrected chi connectivity index (χ3v) is 23.2. The molecule has 12 amide bonds. The zero-order valence-corrected chi connectivity index (χ0v) is 78.4. The molecule has 3 aromatic rings. The maximum absolute atomic E-state index is 14.9. The molecule has 1 unspecified atom stereocenters. The van der Waals surface area contributed by atoms with Crippen LogP contribution < -0.4 is 54.0 Å². The number of rotatable bonds is 59. The molecule has 716 valence electrons. The number of methoxy groups -OCH3 is 2. The molecular weight excluding hydrogens is 1640 g/mol. The molecule has 13 N–H and O–H groups in total. The average molecular weight is 1790 g/mol. The Morgan fingerprint density at radius 2 is 1.27 bits per heavy atom. The summed E-state index contributed by atoms with van der Waals surface area (Å²) < 4.78 is 49.2. The summed E-state index contributed by atoms with van der Waals surface area (Å²) in [4.78, 5) is 155. The van der Waals surface area contributed by atoms with Gasteiger partial charge in [-0.3, -0.25) is 48.1 Å². The van der Waals surface area contributed by atoms with E-state index in [1.807, 2.05) is 36.7 Å². The molecule has 1 aliphatic heterocycles. The van der Waals surface area contributed by atoms with E-state index in [0.717, 1.165) is 42.4 Å². The normalized spacial score (nSPS) is 17.0. The predicted octanol–water partition coefficient (Wildman–Crippen LogP) is 4.95. The van der Waals surface area contributed by atoms with Crippen molar-refractivity contribution in [1.29, 1.82) is 0 Å². The van der Waals surface area contributed by atoms with E-state index in [2.05, 4.69) is 74.0 Å². The third-order valence-electron chi connectivity index (χ3n) is 23.2. The molecule has 0 radical (unpaired) electrons. The van der Waals surface area contributed by atoms with Crippen LogP contribution in [0.15, 0.2) is 54.6 Å². The first kappa shape index (κ1) is 108. The Hall–Kier alpha value is -9.05. The van der Waals surface area contributed by atoms with Crippen LogP contribution in [0.5, 0.6) is 0 Å². The minimum absolute atomic E-state index is 0.0299. The first-order valence-corrected chi connectivity index (χ1v) is 45.3. The van der Waals surface area contributed by atoms with E-state index in [-0.39, 0.29) is 75.0 Å². The van der Waals surface area contributed by atoms with Crippen molar-refractivity contribution in [3.05, 3.63) is 77.1 Å². The number of nitrogens with two attached hydrogens (primary N) is 2. The van der Waals surface area contributed by atoms with E-state index in [4.69, 9.17) is 49.4 Å². The van der Waals surface area contributed by atoms with Gasteiger partial charge in [-0.1, -0.05) is 129 Å². The molecule has 37 heteroatoms. The van der Waals surface area contributed by atoms with Crippen LogP contribution in [0.4, 0.5) is 15.3 Å². The second-order valence-electron chi connectivity index (χ2n) is 35.3. The summed E-state index contributed by atoms with van der Waals surface area (Å²) in [6, 6.07) is 7.48. The fourth-order valence-electron chi connectivity index (χ4n) is 15.6. The SMILES string of the molecule is CC[C@H](C)[C@@H]([C@@H](CC(=O)N1CCC[C@H]1[C@H](OC)[C@@H](C)C(=O)N[C@H](C)[C@@H](O)c1ccccc1)OC)N(C)C(=O)[C@@H](NC(=O)[C@H](C(C)C)N(C)C(=O)OCc1ccc(NC(=O)[C@H](CCCNC(N)=O)NC(=O)[C@@H](NC(=O)[C@H](N)CCCCNC(=O)COC2CCCCCc3c2nnn3CCOCCOCCOCCOCCC(=O)NCC[N+](C)(C)C)C(C)C)cc1)C(C)C. The van der Waals surface area contributed by atoms with Gasteiger partial charge in [0.25, 0.3) is 0 Å². The number of anilines is 1. The number of quaternary nitrogens is 1. The molecule has 2 aromatic carbocycles. The first-order chi connectivity index (χ1) is 60.4. The molecule has 2 heterocycles.